The average Bonchev–Trinajstić information content (AvgIpc) is 2.79. The van der Waals surface area contributed by atoms with E-state index in [1.807, 2.05) is 18.2 Å². The average molecular weight is 441 g/mol. The van der Waals surface area contributed by atoms with Crippen LogP contribution < -0.4 is 30.3 Å². The van der Waals surface area contributed by atoms with Crippen molar-refractivity contribution in [3.63, 3.8) is 0 Å². The van der Waals surface area contributed by atoms with Crippen LogP contribution in [0.2, 0.25) is 0 Å². The molecule has 1 saturated heterocycles. The van der Waals surface area contributed by atoms with Crippen LogP contribution in [0.4, 0.5) is 27.7 Å². The second-order valence-electron chi connectivity index (χ2n) is 7.49. The van der Waals surface area contributed by atoms with Gasteiger partial charge in [0, 0.05) is 6.07 Å². The van der Waals surface area contributed by atoms with E-state index in [0.29, 0.717) is 41.2 Å². The van der Waals surface area contributed by atoms with Gasteiger partial charge in [-0.15, -0.1) is 0 Å². The van der Waals surface area contributed by atoms with Crippen molar-refractivity contribution in [3.05, 3.63) is 54.1 Å². The van der Waals surface area contributed by atoms with E-state index in [4.69, 9.17) is 15.2 Å². The quantitative estimate of drug-likeness (QED) is 0.505. The molecule has 32 heavy (non-hydrogen) atoms. The van der Waals surface area contributed by atoms with Gasteiger partial charge in [-0.1, -0.05) is 12.1 Å². The fourth-order valence-electron chi connectivity index (χ4n) is 3.78. The number of benzene rings is 2. The highest BCUT2D eigenvalue weighted by Gasteiger charge is 2.23. The van der Waals surface area contributed by atoms with E-state index in [-0.39, 0.29) is 11.8 Å². The molecule has 0 saturated carbocycles. The molecule has 0 unspecified atom stereocenters. The maximum atomic E-state index is 14.1. The van der Waals surface area contributed by atoms with Crippen LogP contribution in [0.5, 0.6) is 11.5 Å². The van der Waals surface area contributed by atoms with Gasteiger partial charge in [0.1, 0.15) is 23.9 Å². The van der Waals surface area contributed by atoms with Gasteiger partial charge in [0.25, 0.3) is 0 Å². The summed E-state index contributed by atoms with van der Waals surface area (Å²) in [5.74, 6) is 2.18. The van der Waals surface area contributed by atoms with Crippen molar-refractivity contribution in [2.45, 2.75) is 6.54 Å². The lowest BCUT2D eigenvalue weighted by Gasteiger charge is -2.33. The molecular weight excluding hydrogens is 413 g/mol. The summed E-state index contributed by atoms with van der Waals surface area (Å²) in [6, 6.07) is 12.3. The van der Waals surface area contributed by atoms with Gasteiger partial charge >= 0.3 is 0 Å². The number of para-hydroxylation sites is 1. The van der Waals surface area contributed by atoms with Crippen molar-refractivity contribution in [2.24, 2.45) is 0 Å². The van der Waals surface area contributed by atoms with E-state index in [2.05, 4.69) is 25.2 Å². The SMILES string of the molecule is COc1ccc(OC)c(Nc2nc(N)nc(C[NH+]3CCN(c4ccccc4F)CC3)n2)c1. The minimum atomic E-state index is -0.190. The smallest absolute Gasteiger partial charge is 0.232 e. The van der Waals surface area contributed by atoms with E-state index in [1.165, 1.54) is 11.0 Å². The number of piperazine rings is 1. The molecule has 2 aromatic carbocycles. The third-order valence-electron chi connectivity index (χ3n) is 5.42. The number of hydrogen-bond acceptors (Lipinski definition) is 8. The minimum Gasteiger partial charge on any atom is -0.497 e. The van der Waals surface area contributed by atoms with Crippen molar-refractivity contribution in [1.82, 2.24) is 15.0 Å². The molecule has 0 amide bonds. The second kappa shape index (κ2) is 9.65. The van der Waals surface area contributed by atoms with Crippen molar-refractivity contribution < 1.29 is 18.8 Å². The molecule has 4 N–H and O–H groups in total. The van der Waals surface area contributed by atoms with Crippen LogP contribution >= 0.6 is 0 Å². The van der Waals surface area contributed by atoms with Crippen LogP contribution in [0.15, 0.2) is 42.5 Å². The number of nitrogens with one attached hydrogen (secondary N) is 2. The van der Waals surface area contributed by atoms with Crippen molar-refractivity contribution in [3.8, 4) is 11.5 Å². The highest BCUT2D eigenvalue weighted by molar-refractivity contribution is 5.65. The zero-order valence-electron chi connectivity index (χ0n) is 18.1. The zero-order valence-corrected chi connectivity index (χ0v) is 18.1. The fraction of sp³-hybridized carbons (Fsp3) is 0.318. The monoisotopic (exact) mass is 440 g/mol. The van der Waals surface area contributed by atoms with Crippen LogP contribution in [0.25, 0.3) is 0 Å². The maximum absolute atomic E-state index is 14.1. The molecule has 0 radical (unpaired) electrons. The number of anilines is 4. The molecule has 168 valence electrons. The first-order chi connectivity index (χ1) is 15.6. The highest BCUT2D eigenvalue weighted by Crippen LogP contribution is 2.30. The summed E-state index contributed by atoms with van der Waals surface area (Å²) < 4.78 is 24.8. The van der Waals surface area contributed by atoms with E-state index in [9.17, 15) is 4.39 Å². The van der Waals surface area contributed by atoms with Gasteiger partial charge in [0.05, 0.1) is 51.8 Å². The Bertz CT molecular complexity index is 1070. The van der Waals surface area contributed by atoms with Crippen LogP contribution in [0, 0.1) is 5.82 Å². The Morgan fingerprint density at radius 2 is 1.84 bits per heavy atom. The zero-order chi connectivity index (χ0) is 22.5. The first-order valence-electron chi connectivity index (χ1n) is 10.4. The van der Waals surface area contributed by atoms with Gasteiger partial charge < -0.3 is 30.3 Å². The van der Waals surface area contributed by atoms with Gasteiger partial charge in [0.2, 0.25) is 11.9 Å². The first kappa shape index (κ1) is 21.6. The molecule has 4 rings (SSSR count). The number of methoxy groups -OCH3 is 2. The molecular formula is C22H27FN7O2+. The molecule has 2 heterocycles. The summed E-state index contributed by atoms with van der Waals surface area (Å²) in [4.78, 5) is 16.4. The summed E-state index contributed by atoms with van der Waals surface area (Å²) in [5, 5.41) is 3.15. The number of nitrogens with zero attached hydrogens (tertiary/aromatic N) is 4. The maximum Gasteiger partial charge on any atom is 0.232 e. The number of nitrogen functional groups attached to an aromatic ring is 1. The summed E-state index contributed by atoms with van der Waals surface area (Å²) in [7, 11) is 3.18. The van der Waals surface area contributed by atoms with E-state index in [1.54, 1.807) is 32.4 Å². The number of quaternary nitrogens is 1. The molecule has 3 aromatic rings. The third kappa shape index (κ3) is 4.97. The van der Waals surface area contributed by atoms with E-state index in [0.717, 1.165) is 26.2 Å². The van der Waals surface area contributed by atoms with E-state index >= 15 is 0 Å². The highest BCUT2D eigenvalue weighted by atomic mass is 19.1. The fourth-order valence-corrected chi connectivity index (χ4v) is 3.78. The number of halogens is 1. The van der Waals surface area contributed by atoms with Gasteiger partial charge in [0.15, 0.2) is 5.82 Å². The lowest BCUT2D eigenvalue weighted by atomic mass is 10.2. The van der Waals surface area contributed by atoms with Crippen molar-refractivity contribution in [2.75, 3.05) is 56.3 Å². The molecule has 0 bridgehead atoms. The Balaban J connectivity index is 1.43. The largest absolute Gasteiger partial charge is 0.497 e. The summed E-state index contributed by atoms with van der Waals surface area (Å²) in [6.07, 6.45) is 0. The molecule has 0 aliphatic carbocycles. The standard InChI is InChI=1S/C22H26FN7O2/c1-31-15-7-8-19(32-2)17(13-15)25-22-27-20(26-21(24)28-22)14-29-9-11-30(12-10-29)18-6-4-3-5-16(18)23/h3-8,13H,9-12,14H2,1-2H3,(H3,24,25,26,27,28)/p+1. The summed E-state index contributed by atoms with van der Waals surface area (Å²) in [6.45, 7) is 3.78. The Kier molecular flexibility index (Phi) is 6.50. The second-order valence-corrected chi connectivity index (χ2v) is 7.49. The molecule has 1 aliphatic heterocycles. The minimum absolute atomic E-state index is 0.142. The van der Waals surface area contributed by atoms with Crippen LogP contribution in [-0.2, 0) is 6.54 Å². The normalized spacial score (nSPS) is 14.3. The Morgan fingerprint density at radius 1 is 1.06 bits per heavy atom. The third-order valence-corrected chi connectivity index (χ3v) is 5.42. The van der Waals surface area contributed by atoms with Gasteiger partial charge in [-0.2, -0.15) is 15.0 Å². The van der Waals surface area contributed by atoms with E-state index < -0.39 is 0 Å². The number of ether oxygens (including phenoxy) is 2. The Labute approximate surface area is 186 Å². The van der Waals surface area contributed by atoms with Crippen LogP contribution in [0.3, 0.4) is 0 Å². The predicted molar refractivity (Wildman–Crippen MR) is 120 cm³/mol. The van der Waals surface area contributed by atoms with Crippen LogP contribution in [-0.4, -0.2) is 55.4 Å². The molecule has 1 fully saturated rings. The number of aromatic nitrogens is 3. The molecule has 0 spiro atoms. The number of nitrogens with two attached hydrogens (primary N) is 1. The molecule has 1 aromatic heterocycles. The predicted octanol–water partition coefficient (Wildman–Crippen LogP) is 1.26. The van der Waals surface area contributed by atoms with Gasteiger partial charge in [-0.25, -0.2) is 4.39 Å². The summed E-state index contributed by atoms with van der Waals surface area (Å²) in [5.41, 5.74) is 7.25. The van der Waals surface area contributed by atoms with Crippen LogP contribution in [0.1, 0.15) is 5.82 Å². The lowest BCUT2D eigenvalue weighted by molar-refractivity contribution is -0.915. The van der Waals surface area contributed by atoms with Gasteiger partial charge in [-0.05, 0) is 24.3 Å². The Hall–Kier alpha value is -3.66. The summed E-state index contributed by atoms with van der Waals surface area (Å²) >= 11 is 0. The van der Waals surface area contributed by atoms with Gasteiger partial charge in [-0.3, -0.25) is 0 Å². The molecule has 1 aliphatic rings. The van der Waals surface area contributed by atoms with Crippen molar-refractivity contribution >= 4 is 23.3 Å². The lowest BCUT2D eigenvalue weighted by Crippen LogP contribution is -3.13. The van der Waals surface area contributed by atoms with Crippen molar-refractivity contribution in [1.29, 1.82) is 0 Å². The molecule has 10 heteroatoms. The number of hydrogen-bond donors (Lipinski definition) is 3. The molecule has 9 nitrogen and oxygen atoms in total. The number of rotatable bonds is 7. The molecule has 0 atom stereocenters. The Morgan fingerprint density at radius 3 is 2.56 bits per heavy atom. The first-order valence-corrected chi connectivity index (χ1v) is 10.4. The topological polar surface area (TPSA) is 103 Å².